The number of β-amino-alcohol motifs (C(OH)–C–C–N with tert-alkyl or cyclic N) is 1. The number of nitrogens with zero attached hydrogens (tertiary/aromatic N) is 1. The van der Waals surface area contributed by atoms with Crippen molar-refractivity contribution in [1.82, 2.24) is 10.2 Å². The molecule has 0 bridgehead atoms. The Labute approximate surface area is 165 Å². The lowest BCUT2D eigenvalue weighted by Gasteiger charge is -2.44. The summed E-state index contributed by atoms with van der Waals surface area (Å²) in [6, 6.07) is 7.50. The van der Waals surface area contributed by atoms with Gasteiger partial charge >= 0.3 is 6.09 Å². The first-order valence-corrected chi connectivity index (χ1v) is 9.19. The third-order valence-electron chi connectivity index (χ3n) is 5.91. The maximum absolute atomic E-state index is 11.7. The summed E-state index contributed by atoms with van der Waals surface area (Å²) in [6.45, 7) is 6.39. The number of hydrogen-bond donors (Lipinski definition) is 2. The average Bonchev–Trinajstić information content (AvgIpc) is 2.84. The molecule has 3 aliphatic rings. The molecule has 0 saturated carbocycles. The van der Waals surface area contributed by atoms with Gasteiger partial charge in [-0.05, 0) is 26.0 Å². The Kier molecular flexibility index (Phi) is 5.47. The van der Waals surface area contributed by atoms with Crippen LogP contribution in [0.4, 0.5) is 4.79 Å². The monoisotopic (exact) mass is 398 g/mol. The molecule has 3 aliphatic heterocycles. The van der Waals surface area contributed by atoms with Crippen LogP contribution in [-0.4, -0.2) is 65.7 Å². The number of likely N-dealkylation sites (tertiary alicyclic amines) is 1. The Hall–Kier alpha value is -1.70. The molecule has 4 rings (SSSR count). The number of para-hydroxylation sites is 2. The van der Waals surface area contributed by atoms with Crippen molar-refractivity contribution in [3.05, 3.63) is 24.3 Å². The Morgan fingerprint density at radius 2 is 1.93 bits per heavy atom. The van der Waals surface area contributed by atoms with E-state index in [-0.39, 0.29) is 30.1 Å². The van der Waals surface area contributed by atoms with Crippen molar-refractivity contribution in [3.8, 4) is 11.5 Å². The van der Waals surface area contributed by atoms with E-state index in [2.05, 4.69) is 10.2 Å². The van der Waals surface area contributed by atoms with Gasteiger partial charge in [-0.1, -0.05) is 12.1 Å². The van der Waals surface area contributed by atoms with Gasteiger partial charge in [-0.2, -0.15) is 0 Å². The summed E-state index contributed by atoms with van der Waals surface area (Å²) in [5.41, 5.74) is -0.840. The van der Waals surface area contributed by atoms with E-state index in [1.54, 1.807) is 0 Å². The van der Waals surface area contributed by atoms with Crippen LogP contribution in [0.2, 0.25) is 0 Å². The molecule has 8 heteroatoms. The van der Waals surface area contributed by atoms with Crippen LogP contribution in [0.3, 0.4) is 0 Å². The largest absolute Gasteiger partial charge is 0.486 e. The van der Waals surface area contributed by atoms with Crippen LogP contribution in [0.25, 0.3) is 0 Å². The van der Waals surface area contributed by atoms with Crippen molar-refractivity contribution >= 4 is 18.5 Å². The van der Waals surface area contributed by atoms with Gasteiger partial charge in [-0.25, -0.2) is 4.79 Å². The van der Waals surface area contributed by atoms with E-state index in [9.17, 15) is 9.90 Å². The number of carbonyl (C=O) groups is 1. The summed E-state index contributed by atoms with van der Waals surface area (Å²) in [6.07, 6.45) is 0.125. The van der Waals surface area contributed by atoms with Crippen molar-refractivity contribution in [2.45, 2.75) is 50.0 Å². The maximum atomic E-state index is 11.7. The third kappa shape index (κ3) is 3.68. The van der Waals surface area contributed by atoms with Gasteiger partial charge < -0.3 is 29.5 Å². The maximum Gasteiger partial charge on any atom is 0.408 e. The number of carbonyl (C=O) groups excluding carboxylic acids is 1. The number of piperidine rings is 1. The molecule has 150 valence electrons. The molecule has 2 fully saturated rings. The van der Waals surface area contributed by atoms with Gasteiger partial charge in [0.2, 0.25) is 0 Å². The van der Waals surface area contributed by atoms with Gasteiger partial charge in [0, 0.05) is 32.5 Å². The van der Waals surface area contributed by atoms with Crippen molar-refractivity contribution in [2.24, 2.45) is 0 Å². The SMILES string of the molecule is CC1(C)NC(=O)OC12CCN(CC(O)C1COc3ccccc3O1)CC2.Cl. The number of alkyl carbamates (subject to hydrolysis) is 1. The second kappa shape index (κ2) is 7.37. The molecule has 1 aromatic carbocycles. The lowest BCUT2D eigenvalue weighted by Crippen LogP contribution is -2.59. The Morgan fingerprint density at radius 3 is 2.56 bits per heavy atom. The molecular weight excluding hydrogens is 372 g/mol. The van der Waals surface area contributed by atoms with Gasteiger partial charge in [0.05, 0.1) is 5.54 Å². The van der Waals surface area contributed by atoms with Crippen LogP contribution in [-0.2, 0) is 4.74 Å². The molecule has 0 aromatic heterocycles. The first kappa shape index (κ1) is 20.0. The Morgan fingerprint density at radius 1 is 1.26 bits per heavy atom. The molecule has 0 aliphatic carbocycles. The second-order valence-corrected chi connectivity index (χ2v) is 7.92. The summed E-state index contributed by atoms with van der Waals surface area (Å²) in [7, 11) is 0. The number of halogens is 1. The molecule has 1 spiro atoms. The number of fused-ring (bicyclic) bond motifs is 1. The van der Waals surface area contributed by atoms with Gasteiger partial charge in [0.1, 0.15) is 18.3 Å². The quantitative estimate of drug-likeness (QED) is 0.810. The van der Waals surface area contributed by atoms with Gasteiger partial charge in [-0.3, -0.25) is 0 Å². The van der Waals surface area contributed by atoms with E-state index in [1.807, 2.05) is 38.1 Å². The van der Waals surface area contributed by atoms with E-state index in [0.717, 1.165) is 25.9 Å². The zero-order chi connectivity index (χ0) is 18.4. The summed E-state index contributed by atoms with van der Waals surface area (Å²) >= 11 is 0. The number of nitrogens with one attached hydrogen (secondary N) is 1. The van der Waals surface area contributed by atoms with Crippen LogP contribution in [0.1, 0.15) is 26.7 Å². The molecular formula is C19H27ClN2O5. The number of ether oxygens (including phenoxy) is 3. The second-order valence-electron chi connectivity index (χ2n) is 7.92. The Balaban J connectivity index is 0.00000210. The highest BCUT2D eigenvalue weighted by Crippen LogP contribution is 2.40. The number of amides is 1. The fourth-order valence-corrected chi connectivity index (χ4v) is 4.13. The molecule has 2 saturated heterocycles. The van der Waals surface area contributed by atoms with Crippen molar-refractivity contribution < 1.29 is 24.1 Å². The number of benzene rings is 1. The highest BCUT2D eigenvalue weighted by molar-refractivity contribution is 5.85. The zero-order valence-corrected chi connectivity index (χ0v) is 16.5. The fraction of sp³-hybridized carbons (Fsp3) is 0.632. The summed E-state index contributed by atoms with van der Waals surface area (Å²) in [4.78, 5) is 13.9. The number of hydrogen-bond acceptors (Lipinski definition) is 6. The van der Waals surface area contributed by atoms with Crippen LogP contribution in [0.5, 0.6) is 11.5 Å². The minimum absolute atomic E-state index is 0. The number of aliphatic hydroxyl groups excluding tert-OH is 1. The standard InChI is InChI=1S/C19H26N2O5.ClH/c1-18(2)19(26-17(23)20-18)7-9-21(10-8-19)11-13(22)16-12-24-14-5-3-4-6-15(14)25-16;/h3-6,13,16,22H,7-12H2,1-2H3,(H,20,23);1H. The third-order valence-corrected chi connectivity index (χ3v) is 5.91. The Bertz CT molecular complexity index is 690. The summed E-state index contributed by atoms with van der Waals surface area (Å²) in [5, 5.41) is 13.5. The van der Waals surface area contributed by atoms with E-state index < -0.39 is 11.7 Å². The molecule has 2 N–H and O–H groups in total. The molecule has 3 heterocycles. The summed E-state index contributed by atoms with van der Waals surface area (Å²) < 4.78 is 17.2. The van der Waals surface area contributed by atoms with E-state index in [1.165, 1.54) is 0 Å². The van der Waals surface area contributed by atoms with Crippen LogP contribution >= 0.6 is 12.4 Å². The smallest absolute Gasteiger partial charge is 0.408 e. The van der Waals surface area contributed by atoms with E-state index >= 15 is 0 Å². The minimum atomic E-state index is -0.644. The molecule has 1 amide bonds. The van der Waals surface area contributed by atoms with Crippen LogP contribution < -0.4 is 14.8 Å². The highest BCUT2D eigenvalue weighted by atomic mass is 35.5. The lowest BCUT2D eigenvalue weighted by molar-refractivity contribution is -0.0627. The minimum Gasteiger partial charge on any atom is -0.486 e. The van der Waals surface area contributed by atoms with Crippen LogP contribution in [0.15, 0.2) is 24.3 Å². The molecule has 27 heavy (non-hydrogen) atoms. The first-order valence-electron chi connectivity index (χ1n) is 9.19. The van der Waals surface area contributed by atoms with Crippen LogP contribution in [0, 0.1) is 0 Å². The van der Waals surface area contributed by atoms with Gasteiger partial charge in [0.25, 0.3) is 0 Å². The van der Waals surface area contributed by atoms with Gasteiger partial charge in [-0.15, -0.1) is 12.4 Å². The fourth-order valence-electron chi connectivity index (χ4n) is 4.13. The predicted molar refractivity (Wildman–Crippen MR) is 102 cm³/mol. The van der Waals surface area contributed by atoms with E-state index in [4.69, 9.17) is 14.2 Å². The zero-order valence-electron chi connectivity index (χ0n) is 15.6. The number of aliphatic hydroxyl groups is 1. The topological polar surface area (TPSA) is 80.3 Å². The number of rotatable bonds is 3. The lowest BCUT2D eigenvalue weighted by atomic mass is 9.76. The normalized spacial score (nSPS) is 26.6. The molecule has 7 nitrogen and oxygen atoms in total. The molecule has 2 unspecified atom stereocenters. The van der Waals surface area contributed by atoms with Crippen molar-refractivity contribution in [2.75, 3.05) is 26.2 Å². The predicted octanol–water partition coefficient (Wildman–Crippen LogP) is 1.96. The first-order chi connectivity index (χ1) is 12.4. The summed E-state index contributed by atoms with van der Waals surface area (Å²) in [5.74, 6) is 1.39. The van der Waals surface area contributed by atoms with Crippen molar-refractivity contribution in [1.29, 1.82) is 0 Å². The molecule has 2 atom stereocenters. The van der Waals surface area contributed by atoms with Gasteiger partial charge in [0.15, 0.2) is 17.6 Å². The van der Waals surface area contributed by atoms with Crippen molar-refractivity contribution in [3.63, 3.8) is 0 Å². The van der Waals surface area contributed by atoms with E-state index in [0.29, 0.717) is 24.7 Å². The average molecular weight is 399 g/mol. The molecule has 1 aromatic rings. The highest BCUT2D eigenvalue weighted by Gasteiger charge is 2.55. The molecule has 0 radical (unpaired) electrons.